The summed E-state index contributed by atoms with van der Waals surface area (Å²) < 4.78 is 43.6. The monoisotopic (exact) mass is 470 g/mol. The SMILES string of the molecule is N#Cc1cc(NC(=O)c2ccc3c(=O)n4c(nc3c2)CCCCCC4)ccc1OCC(F)(F)F. The van der Waals surface area contributed by atoms with Gasteiger partial charge in [-0.25, -0.2) is 4.98 Å². The highest BCUT2D eigenvalue weighted by Crippen LogP contribution is 2.25. The number of nitriles is 1. The number of aryl methyl sites for hydroxylation is 1. The fourth-order valence-electron chi connectivity index (χ4n) is 3.92. The Hall–Kier alpha value is -3.87. The molecule has 0 spiro atoms. The number of amides is 1. The minimum absolute atomic E-state index is 0.123. The zero-order valence-electron chi connectivity index (χ0n) is 18.1. The van der Waals surface area contributed by atoms with Gasteiger partial charge in [-0.15, -0.1) is 0 Å². The number of ether oxygens (including phenoxy) is 1. The van der Waals surface area contributed by atoms with E-state index in [-0.39, 0.29) is 28.1 Å². The Bertz CT molecular complexity index is 1340. The Morgan fingerprint density at radius 2 is 1.94 bits per heavy atom. The summed E-state index contributed by atoms with van der Waals surface area (Å²) in [7, 11) is 0. The van der Waals surface area contributed by atoms with Crippen molar-refractivity contribution in [3.63, 3.8) is 0 Å². The van der Waals surface area contributed by atoms with Crippen LogP contribution >= 0.6 is 0 Å². The van der Waals surface area contributed by atoms with E-state index in [0.29, 0.717) is 29.7 Å². The standard InChI is InChI=1S/C24H21F3N4O3/c25-24(26,27)14-34-20-9-7-17(11-16(20)13-28)29-22(32)15-6-8-18-19(12-15)30-21-5-3-1-2-4-10-31(21)23(18)33/h6-9,11-12H,1-5,10,14H2,(H,29,32). The molecular weight excluding hydrogens is 449 g/mol. The van der Waals surface area contributed by atoms with Gasteiger partial charge in [0, 0.05) is 24.2 Å². The second-order valence-corrected chi connectivity index (χ2v) is 8.06. The quantitative estimate of drug-likeness (QED) is 0.602. The van der Waals surface area contributed by atoms with E-state index in [1.165, 1.54) is 30.3 Å². The van der Waals surface area contributed by atoms with Gasteiger partial charge in [-0.05, 0) is 49.2 Å². The van der Waals surface area contributed by atoms with E-state index in [9.17, 15) is 28.0 Å². The maximum atomic E-state index is 12.9. The number of carbonyl (C=O) groups is 1. The zero-order valence-corrected chi connectivity index (χ0v) is 18.1. The number of nitrogens with zero attached hydrogens (tertiary/aromatic N) is 3. The fraction of sp³-hybridized carbons (Fsp3) is 0.333. The van der Waals surface area contributed by atoms with Gasteiger partial charge in [-0.3, -0.25) is 14.2 Å². The number of fused-ring (bicyclic) bond motifs is 2. The largest absolute Gasteiger partial charge is 0.483 e. The van der Waals surface area contributed by atoms with Crippen molar-refractivity contribution < 1.29 is 22.7 Å². The highest BCUT2D eigenvalue weighted by Gasteiger charge is 2.29. The Kier molecular flexibility index (Phi) is 6.54. The number of hydrogen-bond donors (Lipinski definition) is 1. The molecule has 1 N–H and O–H groups in total. The van der Waals surface area contributed by atoms with Crippen LogP contribution in [-0.4, -0.2) is 28.2 Å². The molecule has 2 aromatic carbocycles. The Morgan fingerprint density at radius 1 is 1.15 bits per heavy atom. The van der Waals surface area contributed by atoms with Crippen LogP contribution in [0.2, 0.25) is 0 Å². The maximum absolute atomic E-state index is 12.9. The summed E-state index contributed by atoms with van der Waals surface area (Å²) in [4.78, 5) is 30.4. The van der Waals surface area contributed by atoms with Crippen LogP contribution in [0.15, 0.2) is 41.2 Å². The lowest BCUT2D eigenvalue weighted by Gasteiger charge is -2.16. The van der Waals surface area contributed by atoms with Crippen LogP contribution in [0, 0.1) is 11.3 Å². The lowest BCUT2D eigenvalue weighted by molar-refractivity contribution is -0.153. The number of nitrogens with one attached hydrogen (secondary N) is 1. The van der Waals surface area contributed by atoms with E-state index in [2.05, 4.69) is 15.0 Å². The van der Waals surface area contributed by atoms with Crippen molar-refractivity contribution in [2.24, 2.45) is 0 Å². The first-order valence-corrected chi connectivity index (χ1v) is 10.8. The van der Waals surface area contributed by atoms with Crippen LogP contribution in [-0.2, 0) is 13.0 Å². The molecule has 1 aromatic heterocycles. The lowest BCUT2D eigenvalue weighted by Crippen LogP contribution is -2.26. The van der Waals surface area contributed by atoms with Gasteiger partial charge < -0.3 is 10.1 Å². The van der Waals surface area contributed by atoms with Gasteiger partial charge in [0.05, 0.1) is 16.5 Å². The van der Waals surface area contributed by atoms with Crippen LogP contribution in [0.25, 0.3) is 10.9 Å². The molecule has 0 fully saturated rings. The van der Waals surface area contributed by atoms with E-state index in [1.54, 1.807) is 16.7 Å². The van der Waals surface area contributed by atoms with E-state index >= 15 is 0 Å². The summed E-state index contributed by atoms with van der Waals surface area (Å²) in [6.07, 6.45) is 0.186. The molecule has 0 saturated heterocycles. The van der Waals surface area contributed by atoms with Crippen molar-refractivity contribution in [2.75, 3.05) is 11.9 Å². The molecule has 2 heterocycles. The normalized spacial score (nSPS) is 13.9. The molecule has 0 saturated carbocycles. The predicted molar refractivity (Wildman–Crippen MR) is 119 cm³/mol. The number of anilines is 1. The summed E-state index contributed by atoms with van der Waals surface area (Å²) >= 11 is 0. The van der Waals surface area contributed by atoms with Crippen molar-refractivity contribution in [1.29, 1.82) is 5.26 Å². The average molecular weight is 470 g/mol. The molecule has 0 unspecified atom stereocenters. The van der Waals surface area contributed by atoms with Gasteiger partial charge in [-0.1, -0.05) is 12.8 Å². The van der Waals surface area contributed by atoms with Gasteiger partial charge >= 0.3 is 6.18 Å². The molecule has 7 nitrogen and oxygen atoms in total. The summed E-state index contributed by atoms with van der Waals surface area (Å²) in [5, 5.41) is 12.3. The minimum Gasteiger partial charge on any atom is -0.483 e. The average Bonchev–Trinajstić information content (AvgIpc) is 2.78. The smallest absolute Gasteiger partial charge is 0.422 e. The Balaban J connectivity index is 1.58. The van der Waals surface area contributed by atoms with Gasteiger partial charge in [-0.2, -0.15) is 18.4 Å². The number of halogens is 3. The van der Waals surface area contributed by atoms with Crippen LogP contribution in [0.1, 0.15) is 47.4 Å². The molecule has 1 aliphatic heterocycles. The second-order valence-electron chi connectivity index (χ2n) is 8.06. The number of aromatic nitrogens is 2. The first kappa shape index (κ1) is 23.3. The summed E-state index contributed by atoms with van der Waals surface area (Å²) in [6, 6.07) is 10.2. The molecule has 0 bridgehead atoms. The third kappa shape index (κ3) is 5.20. The van der Waals surface area contributed by atoms with E-state index in [1.807, 2.05) is 0 Å². The van der Waals surface area contributed by atoms with E-state index in [4.69, 9.17) is 0 Å². The number of hydrogen-bond acceptors (Lipinski definition) is 5. The molecule has 1 amide bonds. The highest BCUT2D eigenvalue weighted by molar-refractivity contribution is 6.06. The van der Waals surface area contributed by atoms with Crippen LogP contribution < -0.4 is 15.6 Å². The first-order valence-electron chi connectivity index (χ1n) is 10.8. The molecule has 1 aliphatic rings. The third-order valence-corrected chi connectivity index (χ3v) is 5.58. The summed E-state index contributed by atoms with van der Waals surface area (Å²) in [6.45, 7) is -0.898. The zero-order chi connectivity index (χ0) is 24.3. The summed E-state index contributed by atoms with van der Waals surface area (Å²) in [5.41, 5.74) is 0.632. The van der Waals surface area contributed by atoms with Crippen molar-refractivity contribution in [1.82, 2.24) is 9.55 Å². The number of rotatable bonds is 4. The van der Waals surface area contributed by atoms with Gasteiger partial charge in [0.25, 0.3) is 11.5 Å². The number of alkyl halides is 3. The van der Waals surface area contributed by atoms with Crippen LogP contribution in [0.5, 0.6) is 5.75 Å². The molecule has 4 rings (SSSR count). The molecule has 3 aromatic rings. The topological polar surface area (TPSA) is 97.0 Å². The second kappa shape index (κ2) is 9.55. The predicted octanol–water partition coefficient (Wildman–Crippen LogP) is 4.58. The van der Waals surface area contributed by atoms with Gasteiger partial charge in [0.2, 0.25) is 0 Å². The van der Waals surface area contributed by atoms with Crippen molar-refractivity contribution in [3.8, 4) is 11.8 Å². The molecule has 0 radical (unpaired) electrons. The van der Waals surface area contributed by atoms with Crippen molar-refractivity contribution in [2.45, 2.75) is 44.8 Å². The molecule has 176 valence electrons. The molecule has 34 heavy (non-hydrogen) atoms. The molecule has 10 heteroatoms. The molecule has 0 aliphatic carbocycles. The Labute approximate surface area is 192 Å². The number of benzene rings is 2. The van der Waals surface area contributed by atoms with Crippen LogP contribution in [0.4, 0.5) is 18.9 Å². The van der Waals surface area contributed by atoms with Crippen molar-refractivity contribution in [3.05, 3.63) is 63.7 Å². The summed E-state index contributed by atoms with van der Waals surface area (Å²) in [5.74, 6) is -0.0315. The van der Waals surface area contributed by atoms with Gasteiger partial charge in [0.1, 0.15) is 17.6 Å². The Morgan fingerprint density at radius 3 is 2.71 bits per heavy atom. The number of carbonyl (C=O) groups excluding carboxylic acids is 1. The van der Waals surface area contributed by atoms with E-state index in [0.717, 1.165) is 25.7 Å². The van der Waals surface area contributed by atoms with Crippen LogP contribution in [0.3, 0.4) is 0 Å². The lowest BCUT2D eigenvalue weighted by atomic mass is 10.1. The van der Waals surface area contributed by atoms with Crippen molar-refractivity contribution >= 4 is 22.5 Å². The van der Waals surface area contributed by atoms with Gasteiger partial charge in [0.15, 0.2) is 6.61 Å². The van der Waals surface area contributed by atoms with E-state index < -0.39 is 18.7 Å². The molecule has 0 atom stereocenters. The highest BCUT2D eigenvalue weighted by atomic mass is 19.4. The third-order valence-electron chi connectivity index (χ3n) is 5.58. The minimum atomic E-state index is -4.54. The fourth-order valence-corrected chi connectivity index (χ4v) is 3.92. The maximum Gasteiger partial charge on any atom is 0.422 e. The molecular formula is C24H21F3N4O3. The first-order chi connectivity index (χ1) is 16.2.